The number of amides is 1. The molecule has 0 spiro atoms. The molecule has 0 bridgehead atoms. The minimum atomic E-state index is -0.392. The number of hydrogen-bond donors (Lipinski definition) is 1. The molecule has 7 nitrogen and oxygen atoms in total. The first-order chi connectivity index (χ1) is 10.9. The summed E-state index contributed by atoms with van der Waals surface area (Å²) in [5.41, 5.74) is 1.69. The Morgan fingerprint density at radius 1 is 1.26 bits per heavy atom. The van der Waals surface area contributed by atoms with E-state index in [-0.39, 0.29) is 18.2 Å². The molecule has 3 rings (SSSR count). The Hall–Kier alpha value is -2.67. The Labute approximate surface area is 136 Å². The van der Waals surface area contributed by atoms with Crippen molar-refractivity contribution < 1.29 is 4.79 Å². The maximum absolute atomic E-state index is 12.3. The first kappa shape index (κ1) is 15.2. The van der Waals surface area contributed by atoms with Crippen molar-refractivity contribution in [2.75, 3.05) is 5.32 Å². The van der Waals surface area contributed by atoms with Crippen LogP contribution in [0.4, 0.5) is 5.69 Å². The molecule has 118 valence electrons. The predicted molar refractivity (Wildman–Crippen MR) is 86.8 cm³/mol. The average Bonchev–Trinajstić information content (AvgIpc) is 2.77. The lowest BCUT2D eigenvalue weighted by molar-refractivity contribution is -0.117. The summed E-state index contributed by atoms with van der Waals surface area (Å²) in [6.07, 6.45) is 0. The molecule has 0 atom stereocenters. The quantitative estimate of drug-likeness (QED) is 0.793. The molecule has 0 fully saturated rings. The zero-order valence-corrected chi connectivity index (χ0v) is 13.3. The molecular weight excluding hydrogens is 318 g/mol. The lowest BCUT2D eigenvalue weighted by Gasteiger charge is -2.04. The molecule has 3 aromatic rings. The van der Waals surface area contributed by atoms with Crippen LogP contribution < -0.4 is 11.0 Å². The molecule has 0 radical (unpaired) electrons. The number of aryl methyl sites for hydroxylation is 2. The highest BCUT2D eigenvalue weighted by atomic mass is 35.5. The molecule has 0 saturated heterocycles. The monoisotopic (exact) mass is 331 g/mol. The van der Waals surface area contributed by atoms with Gasteiger partial charge in [-0.05, 0) is 44.2 Å². The van der Waals surface area contributed by atoms with Crippen molar-refractivity contribution in [3.63, 3.8) is 0 Å². The standard InChI is InChI=1S/C15H14ClN5O2/c1-9-7-10(2)21-14(17-9)19-20(15(21)23)8-13(22)18-12-5-3-11(16)4-6-12/h3-7H,8H2,1-2H3,(H,18,22). The number of rotatable bonds is 3. The summed E-state index contributed by atoms with van der Waals surface area (Å²) < 4.78 is 2.47. The molecule has 2 heterocycles. The number of carbonyl (C=O) groups is 1. The fourth-order valence-corrected chi connectivity index (χ4v) is 2.43. The van der Waals surface area contributed by atoms with E-state index in [0.717, 1.165) is 16.1 Å². The van der Waals surface area contributed by atoms with Gasteiger partial charge in [0, 0.05) is 22.1 Å². The molecule has 1 aromatic carbocycles. The van der Waals surface area contributed by atoms with Crippen LogP contribution in [-0.2, 0) is 11.3 Å². The zero-order chi connectivity index (χ0) is 16.6. The molecule has 0 saturated carbocycles. The highest BCUT2D eigenvalue weighted by Gasteiger charge is 2.13. The van der Waals surface area contributed by atoms with Gasteiger partial charge in [0.2, 0.25) is 5.91 Å². The van der Waals surface area contributed by atoms with Gasteiger partial charge in [0.05, 0.1) is 0 Å². The van der Waals surface area contributed by atoms with E-state index in [1.807, 2.05) is 6.92 Å². The van der Waals surface area contributed by atoms with Gasteiger partial charge >= 0.3 is 5.69 Å². The van der Waals surface area contributed by atoms with E-state index in [1.54, 1.807) is 37.3 Å². The largest absolute Gasteiger partial charge is 0.352 e. The molecular formula is C15H14ClN5O2. The Bertz CT molecular complexity index is 943. The normalized spacial score (nSPS) is 10.9. The summed E-state index contributed by atoms with van der Waals surface area (Å²) in [5, 5.41) is 7.37. The number of anilines is 1. The highest BCUT2D eigenvalue weighted by Crippen LogP contribution is 2.13. The molecule has 8 heteroatoms. The van der Waals surface area contributed by atoms with E-state index < -0.39 is 5.69 Å². The van der Waals surface area contributed by atoms with E-state index in [0.29, 0.717) is 10.7 Å². The van der Waals surface area contributed by atoms with Crippen LogP contribution in [0.15, 0.2) is 35.1 Å². The maximum Gasteiger partial charge on any atom is 0.352 e. The van der Waals surface area contributed by atoms with Gasteiger partial charge in [-0.25, -0.2) is 18.9 Å². The Balaban J connectivity index is 1.85. The highest BCUT2D eigenvalue weighted by molar-refractivity contribution is 6.30. The van der Waals surface area contributed by atoms with Gasteiger partial charge in [-0.15, -0.1) is 5.10 Å². The smallest absolute Gasteiger partial charge is 0.324 e. The summed E-state index contributed by atoms with van der Waals surface area (Å²) in [7, 11) is 0. The van der Waals surface area contributed by atoms with Crippen LogP contribution in [0.2, 0.25) is 5.02 Å². The van der Waals surface area contributed by atoms with Crippen molar-refractivity contribution in [2.45, 2.75) is 20.4 Å². The molecule has 0 aliphatic heterocycles. The van der Waals surface area contributed by atoms with E-state index in [2.05, 4.69) is 15.4 Å². The number of fused-ring (bicyclic) bond motifs is 1. The Morgan fingerprint density at radius 3 is 2.65 bits per heavy atom. The topological polar surface area (TPSA) is 81.3 Å². The van der Waals surface area contributed by atoms with Crippen LogP contribution in [0.5, 0.6) is 0 Å². The van der Waals surface area contributed by atoms with Gasteiger partial charge in [-0.3, -0.25) is 4.79 Å². The van der Waals surface area contributed by atoms with Gasteiger partial charge in [-0.1, -0.05) is 11.6 Å². The Kier molecular flexibility index (Phi) is 3.87. The predicted octanol–water partition coefficient (Wildman–Crippen LogP) is 1.80. The van der Waals surface area contributed by atoms with Crippen LogP contribution >= 0.6 is 11.6 Å². The Morgan fingerprint density at radius 2 is 1.96 bits per heavy atom. The number of halogens is 1. The SMILES string of the molecule is Cc1cc(C)n2c(=O)n(CC(=O)Nc3ccc(Cl)cc3)nc2n1. The third kappa shape index (κ3) is 3.09. The number of nitrogens with one attached hydrogen (secondary N) is 1. The van der Waals surface area contributed by atoms with Crippen LogP contribution in [0, 0.1) is 13.8 Å². The number of benzene rings is 1. The molecule has 0 unspecified atom stereocenters. The fourth-order valence-electron chi connectivity index (χ4n) is 2.31. The number of aromatic nitrogens is 4. The average molecular weight is 332 g/mol. The van der Waals surface area contributed by atoms with E-state index in [1.165, 1.54) is 4.40 Å². The molecule has 2 aromatic heterocycles. The second-order valence-corrected chi connectivity index (χ2v) is 5.61. The number of hydrogen-bond acceptors (Lipinski definition) is 4. The van der Waals surface area contributed by atoms with Crippen LogP contribution in [-0.4, -0.2) is 25.1 Å². The van der Waals surface area contributed by atoms with Crippen molar-refractivity contribution in [3.05, 3.63) is 57.2 Å². The van der Waals surface area contributed by atoms with Gasteiger partial charge < -0.3 is 5.32 Å². The van der Waals surface area contributed by atoms with Gasteiger partial charge in [-0.2, -0.15) is 0 Å². The summed E-state index contributed by atoms with van der Waals surface area (Å²) >= 11 is 5.79. The van der Waals surface area contributed by atoms with Crippen molar-refractivity contribution in [1.82, 2.24) is 19.2 Å². The minimum Gasteiger partial charge on any atom is -0.324 e. The number of carbonyl (C=O) groups excluding carboxylic acids is 1. The molecule has 0 aliphatic carbocycles. The molecule has 23 heavy (non-hydrogen) atoms. The van der Waals surface area contributed by atoms with Crippen LogP contribution in [0.1, 0.15) is 11.4 Å². The molecule has 1 N–H and O–H groups in total. The van der Waals surface area contributed by atoms with Crippen LogP contribution in [0.25, 0.3) is 5.78 Å². The van der Waals surface area contributed by atoms with E-state index >= 15 is 0 Å². The fraction of sp³-hybridized carbons (Fsp3) is 0.200. The minimum absolute atomic E-state index is 0.191. The van der Waals surface area contributed by atoms with Crippen molar-refractivity contribution >= 4 is 29.0 Å². The van der Waals surface area contributed by atoms with Crippen LogP contribution in [0.3, 0.4) is 0 Å². The second kappa shape index (κ2) is 5.85. The van der Waals surface area contributed by atoms with Gasteiger partial charge in [0.1, 0.15) is 6.54 Å². The summed E-state index contributed by atoms with van der Waals surface area (Å²) in [4.78, 5) is 28.6. The maximum atomic E-state index is 12.3. The third-order valence-corrected chi connectivity index (χ3v) is 3.54. The molecule has 0 aliphatic rings. The van der Waals surface area contributed by atoms with Crippen molar-refractivity contribution in [1.29, 1.82) is 0 Å². The van der Waals surface area contributed by atoms with E-state index in [9.17, 15) is 9.59 Å². The summed E-state index contributed by atoms with van der Waals surface area (Å²) in [5.74, 6) is -0.0704. The molecule has 1 amide bonds. The zero-order valence-electron chi connectivity index (χ0n) is 12.6. The second-order valence-electron chi connectivity index (χ2n) is 5.17. The van der Waals surface area contributed by atoms with E-state index in [4.69, 9.17) is 11.6 Å². The lowest BCUT2D eigenvalue weighted by Crippen LogP contribution is -2.28. The first-order valence-corrected chi connectivity index (χ1v) is 7.31. The van der Waals surface area contributed by atoms with Gasteiger partial charge in [0.25, 0.3) is 5.78 Å². The summed E-state index contributed by atoms with van der Waals surface area (Å²) in [6.45, 7) is 3.43. The van der Waals surface area contributed by atoms with Gasteiger partial charge in [0.15, 0.2) is 0 Å². The third-order valence-electron chi connectivity index (χ3n) is 3.29. The lowest BCUT2D eigenvalue weighted by atomic mass is 10.3. The van der Waals surface area contributed by atoms with Crippen molar-refractivity contribution in [2.24, 2.45) is 0 Å². The summed E-state index contributed by atoms with van der Waals surface area (Å²) in [6, 6.07) is 8.49. The number of nitrogens with zero attached hydrogens (tertiary/aromatic N) is 4. The van der Waals surface area contributed by atoms with Crippen molar-refractivity contribution in [3.8, 4) is 0 Å². The first-order valence-electron chi connectivity index (χ1n) is 6.93.